The minimum absolute atomic E-state index is 0.0632. The van der Waals surface area contributed by atoms with Gasteiger partial charge in [-0.25, -0.2) is 31.7 Å². The lowest BCUT2D eigenvalue weighted by Crippen LogP contribution is -2.51. The van der Waals surface area contributed by atoms with Gasteiger partial charge in [0.05, 0.1) is 22.4 Å². The van der Waals surface area contributed by atoms with Crippen molar-refractivity contribution in [2.24, 2.45) is 17.8 Å². The van der Waals surface area contributed by atoms with Crippen molar-refractivity contribution in [1.29, 1.82) is 0 Å². The van der Waals surface area contributed by atoms with Crippen LogP contribution in [0.5, 0.6) is 0 Å². The van der Waals surface area contributed by atoms with E-state index in [-0.39, 0.29) is 39.6 Å². The fourth-order valence-electron chi connectivity index (χ4n) is 7.32. The van der Waals surface area contributed by atoms with E-state index in [0.29, 0.717) is 23.1 Å². The molecule has 4 saturated carbocycles. The molecule has 1 aromatic carbocycles. The maximum atomic E-state index is 14.6. The molecule has 226 valence electrons. The standard InChI is InChI=1S/C32H31FN6O4S/c1-17-2-10-22(11-3-17)44(42,43)39-16-25(24-14-20(33)15-34-30(24)39)29-36-28(23-12-13-38(21-8-9-21)31(23)37-29)35-27-19-6-4-18(5-7-19)26(27)32(40)41/h2-3,10-16,18-19,21,26-27H,4-9H2,1H3,(H,40,41)(H,35,36,37). The van der Waals surface area contributed by atoms with Crippen LogP contribution in [0.2, 0.25) is 0 Å². The molecule has 2 bridgehead atoms. The molecule has 5 aromatic rings. The first kappa shape index (κ1) is 27.2. The quantitative estimate of drug-likeness (QED) is 0.236. The van der Waals surface area contributed by atoms with Gasteiger partial charge in [0.25, 0.3) is 10.0 Å². The van der Waals surface area contributed by atoms with Crippen LogP contribution in [0.1, 0.15) is 50.1 Å². The molecule has 2 unspecified atom stereocenters. The molecular weight excluding hydrogens is 583 g/mol. The number of fused-ring (bicyclic) bond motifs is 5. The Hall–Kier alpha value is -4.32. The molecule has 4 aliphatic carbocycles. The van der Waals surface area contributed by atoms with Crippen LogP contribution in [0.25, 0.3) is 33.5 Å². The Morgan fingerprint density at radius 1 is 0.977 bits per heavy atom. The van der Waals surface area contributed by atoms with Gasteiger partial charge in [-0.1, -0.05) is 17.7 Å². The lowest BCUT2D eigenvalue weighted by atomic mass is 9.61. The van der Waals surface area contributed by atoms with Gasteiger partial charge < -0.3 is 15.0 Å². The third-order valence-electron chi connectivity index (χ3n) is 9.72. The summed E-state index contributed by atoms with van der Waals surface area (Å²) in [5, 5.41) is 14.8. The number of pyridine rings is 1. The molecule has 0 spiro atoms. The third kappa shape index (κ3) is 4.29. The summed E-state index contributed by atoms with van der Waals surface area (Å²) in [6, 6.07) is 9.70. The number of hydrogen-bond acceptors (Lipinski definition) is 7. The van der Waals surface area contributed by atoms with E-state index < -0.39 is 27.7 Å². The van der Waals surface area contributed by atoms with Crippen molar-refractivity contribution in [2.45, 2.75) is 62.4 Å². The van der Waals surface area contributed by atoms with Gasteiger partial charge in [-0.15, -0.1) is 0 Å². The summed E-state index contributed by atoms with van der Waals surface area (Å²) in [7, 11) is -4.09. The second kappa shape index (κ2) is 9.85. The van der Waals surface area contributed by atoms with E-state index in [1.54, 1.807) is 12.1 Å². The van der Waals surface area contributed by atoms with Crippen molar-refractivity contribution in [3.63, 3.8) is 0 Å². The predicted molar refractivity (Wildman–Crippen MR) is 162 cm³/mol. The Labute approximate surface area is 253 Å². The smallest absolute Gasteiger partial charge is 0.308 e. The number of aromatic nitrogens is 5. The first-order valence-electron chi connectivity index (χ1n) is 15.1. The van der Waals surface area contributed by atoms with E-state index in [4.69, 9.17) is 9.97 Å². The van der Waals surface area contributed by atoms with Crippen LogP contribution >= 0.6 is 0 Å². The van der Waals surface area contributed by atoms with Crippen LogP contribution in [0, 0.1) is 30.5 Å². The normalized spacial score (nSPS) is 23.4. The summed E-state index contributed by atoms with van der Waals surface area (Å²) >= 11 is 0. The molecule has 0 radical (unpaired) electrons. The Morgan fingerprint density at radius 3 is 2.41 bits per heavy atom. The number of carboxylic acid groups (broad SMARTS) is 1. The molecule has 2 atom stereocenters. The minimum atomic E-state index is -4.09. The number of nitrogens with one attached hydrogen (secondary N) is 1. The molecule has 12 heteroatoms. The van der Waals surface area contributed by atoms with Crippen LogP contribution in [0.3, 0.4) is 0 Å². The van der Waals surface area contributed by atoms with E-state index in [1.165, 1.54) is 24.4 Å². The largest absolute Gasteiger partial charge is 0.481 e. The molecule has 0 amide bonds. The first-order valence-corrected chi connectivity index (χ1v) is 16.5. The van der Waals surface area contributed by atoms with Gasteiger partial charge in [0.2, 0.25) is 0 Å². The number of nitrogens with zero attached hydrogens (tertiary/aromatic N) is 5. The van der Waals surface area contributed by atoms with Crippen molar-refractivity contribution in [3.8, 4) is 11.4 Å². The molecule has 4 fully saturated rings. The highest BCUT2D eigenvalue weighted by atomic mass is 32.2. The highest BCUT2D eigenvalue weighted by Crippen LogP contribution is 2.47. The molecule has 9 rings (SSSR count). The van der Waals surface area contributed by atoms with Crippen LogP contribution in [-0.2, 0) is 14.8 Å². The monoisotopic (exact) mass is 614 g/mol. The molecule has 10 nitrogen and oxygen atoms in total. The van der Waals surface area contributed by atoms with Gasteiger partial charge in [0.1, 0.15) is 17.3 Å². The van der Waals surface area contributed by atoms with Crippen molar-refractivity contribution in [2.75, 3.05) is 5.32 Å². The Kier molecular flexibility index (Phi) is 6.10. The van der Waals surface area contributed by atoms with Gasteiger partial charge >= 0.3 is 5.97 Å². The number of benzene rings is 1. The summed E-state index contributed by atoms with van der Waals surface area (Å²) < 4.78 is 45.5. The fourth-order valence-corrected chi connectivity index (χ4v) is 8.65. The number of halogens is 1. The lowest BCUT2D eigenvalue weighted by molar-refractivity contribution is -0.148. The SMILES string of the molecule is Cc1ccc(S(=O)(=O)n2cc(-c3nc(NC4C5CCC(CC5)C4C(=O)O)c4ccn(C5CC5)c4n3)c3cc(F)cnc32)cc1. The number of aryl methyl sites for hydroxylation is 1. The molecule has 0 aliphatic heterocycles. The first-order chi connectivity index (χ1) is 21.2. The summed E-state index contributed by atoms with van der Waals surface area (Å²) in [4.78, 5) is 26.5. The topological polar surface area (TPSA) is 132 Å². The van der Waals surface area contributed by atoms with Crippen molar-refractivity contribution in [3.05, 3.63) is 66.4 Å². The second-order valence-electron chi connectivity index (χ2n) is 12.5. The van der Waals surface area contributed by atoms with Crippen molar-refractivity contribution in [1.82, 2.24) is 23.5 Å². The fraction of sp³-hybridized carbons (Fsp3) is 0.375. The van der Waals surface area contributed by atoms with E-state index in [9.17, 15) is 22.7 Å². The van der Waals surface area contributed by atoms with E-state index in [1.807, 2.05) is 19.2 Å². The number of hydrogen-bond donors (Lipinski definition) is 2. The molecular formula is C32H31FN6O4S. The van der Waals surface area contributed by atoms with Gasteiger partial charge in [-0.2, -0.15) is 0 Å². The van der Waals surface area contributed by atoms with Crippen molar-refractivity contribution < 1.29 is 22.7 Å². The van der Waals surface area contributed by atoms with Crippen LogP contribution in [-0.4, -0.2) is 49.0 Å². The summed E-state index contributed by atoms with van der Waals surface area (Å²) in [5.41, 5.74) is 1.96. The van der Waals surface area contributed by atoms with Crippen molar-refractivity contribution >= 4 is 43.9 Å². The third-order valence-corrected chi connectivity index (χ3v) is 11.4. The van der Waals surface area contributed by atoms with Crippen LogP contribution in [0.4, 0.5) is 10.2 Å². The number of anilines is 1. The average Bonchev–Trinajstić information content (AvgIpc) is 3.64. The van der Waals surface area contributed by atoms with E-state index in [0.717, 1.165) is 59.6 Å². The summed E-state index contributed by atoms with van der Waals surface area (Å²) in [5.74, 6) is -0.914. The maximum absolute atomic E-state index is 14.6. The molecule has 4 aliphatic rings. The maximum Gasteiger partial charge on any atom is 0.308 e. The zero-order valence-electron chi connectivity index (χ0n) is 24.0. The molecule has 4 heterocycles. The average molecular weight is 615 g/mol. The molecule has 4 aromatic heterocycles. The van der Waals surface area contributed by atoms with Gasteiger partial charge in [0, 0.05) is 35.4 Å². The number of aliphatic carboxylic acids is 1. The zero-order chi connectivity index (χ0) is 30.3. The number of rotatable bonds is 7. The Bertz CT molecular complexity index is 2060. The number of carbonyl (C=O) groups is 1. The Balaban J connectivity index is 1.31. The van der Waals surface area contributed by atoms with Crippen LogP contribution in [0.15, 0.2) is 59.9 Å². The van der Waals surface area contributed by atoms with Gasteiger partial charge in [-0.05, 0) is 81.5 Å². The highest BCUT2D eigenvalue weighted by Gasteiger charge is 2.47. The highest BCUT2D eigenvalue weighted by molar-refractivity contribution is 7.90. The summed E-state index contributed by atoms with van der Waals surface area (Å²) in [6.07, 6.45) is 10.2. The second-order valence-corrected chi connectivity index (χ2v) is 14.3. The Morgan fingerprint density at radius 2 is 1.70 bits per heavy atom. The minimum Gasteiger partial charge on any atom is -0.481 e. The molecule has 0 saturated heterocycles. The van der Waals surface area contributed by atoms with Gasteiger partial charge in [0.15, 0.2) is 11.5 Å². The van der Waals surface area contributed by atoms with Crippen LogP contribution < -0.4 is 5.32 Å². The van der Waals surface area contributed by atoms with Gasteiger partial charge in [-0.3, -0.25) is 4.79 Å². The summed E-state index contributed by atoms with van der Waals surface area (Å²) in [6.45, 7) is 1.87. The predicted octanol–water partition coefficient (Wildman–Crippen LogP) is 5.77. The van der Waals surface area contributed by atoms with E-state index in [2.05, 4.69) is 14.9 Å². The molecule has 44 heavy (non-hydrogen) atoms. The lowest BCUT2D eigenvalue weighted by Gasteiger charge is -2.47. The number of carboxylic acids is 1. The zero-order valence-corrected chi connectivity index (χ0v) is 24.8. The molecule has 2 N–H and O–H groups in total. The van der Waals surface area contributed by atoms with E-state index >= 15 is 0 Å².